The summed E-state index contributed by atoms with van der Waals surface area (Å²) >= 11 is 3.38. The third-order valence-corrected chi connectivity index (χ3v) is 3.36. The van der Waals surface area contributed by atoms with Crippen LogP contribution in [0.5, 0.6) is 5.88 Å². The highest BCUT2D eigenvalue weighted by Gasteiger charge is 2.22. The molecule has 1 aromatic rings. The number of rotatable bonds is 2. The van der Waals surface area contributed by atoms with Crippen molar-refractivity contribution in [2.24, 2.45) is 0 Å². The van der Waals surface area contributed by atoms with Crippen LogP contribution in [-0.2, 0) is 4.79 Å². The molecule has 0 spiro atoms. The van der Waals surface area contributed by atoms with Crippen LogP contribution in [0.25, 0.3) is 0 Å². The van der Waals surface area contributed by atoms with Gasteiger partial charge in [0.2, 0.25) is 11.8 Å². The van der Waals surface area contributed by atoms with Crippen LogP contribution in [0.15, 0.2) is 22.8 Å². The maximum atomic E-state index is 11.2. The minimum atomic E-state index is 0.143. The standard InChI is InChI=1S/C12H15BrN2O2/c1-9(16)15-6-3-11(4-7-15)17-12-8-10(13)2-5-14-12/h2,5,8,11H,3-4,6-7H2,1H3. The SMILES string of the molecule is CC(=O)N1CCC(Oc2cc(Br)ccn2)CC1. The number of hydrogen-bond acceptors (Lipinski definition) is 3. The number of pyridine rings is 1. The molecule has 1 fully saturated rings. The Hall–Kier alpha value is -1.10. The Morgan fingerprint density at radius 2 is 2.24 bits per heavy atom. The molecule has 1 aliphatic heterocycles. The monoisotopic (exact) mass is 298 g/mol. The van der Waals surface area contributed by atoms with Gasteiger partial charge in [0.1, 0.15) is 6.10 Å². The Kier molecular flexibility index (Phi) is 3.99. The van der Waals surface area contributed by atoms with E-state index in [1.165, 1.54) is 0 Å². The van der Waals surface area contributed by atoms with Gasteiger partial charge in [0.05, 0.1) is 0 Å². The van der Waals surface area contributed by atoms with Gasteiger partial charge in [0.25, 0.3) is 0 Å². The zero-order valence-electron chi connectivity index (χ0n) is 9.73. The predicted molar refractivity (Wildman–Crippen MR) is 67.8 cm³/mol. The average molecular weight is 299 g/mol. The van der Waals surface area contributed by atoms with Gasteiger partial charge in [0.15, 0.2) is 0 Å². The Balaban J connectivity index is 1.88. The topological polar surface area (TPSA) is 42.4 Å². The fourth-order valence-corrected chi connectivity index (χ4v) is 2.22. The Bertz CT molecular complexity index is 403. The molecule has 1 saturated heterocycles. The summed E-state index contributed by atoms with van der Waals surface area (Å²) in [6.07, 6.45) is 3.61. The van der Waals surface area contributed by atoms with E-state index in [1.54, 1.807) is 13.1 Å². The fraction of sp³-hybridized carbons (Fsp3) is 0.500. The third kappa shape index (κ3) is 3.43. The normalized spacial score (nSPS) is 16.9. The number of likely N-dealkylation sites (tertiary alicyclic amines) is 1. The molecule has 0 aromatic carbocycles. The zero-order chi connectivity index (χ0) is 12.3. The van der Waals surface area contributed by atoms with Crippen molar-refractivity contribution in [2.75, 3.05) is 13.1 Å². The lowest BCUT2D eigenvalue weighted by Gasteiger charge is -2.31. The number of hydrogen-bond donors (Lipinski definition) is 0. The number of carbonyl (C=O) groups is 1. The van der Waals surface area contributed by atoms with Crippen molar-refractivity contribution in [3.05, 3.63) is 22.8 Å². The van der Waals surface area contributed by atoms with Crippen molar-refractivity contribution >= 4 is 21.8 Å². The predicted octanol–water partition coefficient (Wildman–Crippen LogP) is 2.23. The molecule has 17 heavy (non-hydrogen) atoms. The van der Waals surface area contributed by atoms with E-state index in [9.17, 15) is 4.79 Å². The molecule has 92 valence electrons. The number of piperidine rings is 1. The van der Waals surface area contributed by atoms with Crippen LogP contribution < -0.4 is 4.74 Å². The highest BCUT2D eigenvalue weighted by molar-refractivity contribution is 9.10. The number of amides is 1. The first-order valence-electron chi connectivity index (χ1n) is 5.69. The van der Waals surface area contributed by atoms with Gasteiger partial charge in [-0.3, -0.25) is 4.79 Å². The second-order valence-corrected chi connectivity index (χ2v) is 5.05. The summed E-state index contributed by atoms with van der Waals surface area (Å²) in [5, 5.41) is 0. The summed E-state index contributed by atoms with van der Waals surface area (Å²) in [5.41, 5.74) is 0. The number of nitrogens with zero attached hydrogens (tertiary/aromatic N) is 2. The van der Waals surface area contributed by atoms with Gasteiger partial charge in [-0.2, -0.15) is 0 Å². The van der Waals surface area contributed by atoms with E-state index in [0.717, 1.165) is 30.4 Å². The molecule has 1 aromatic heterocycles. The molecule has 0 atom stereocenters. The molecule has 2 heterocycles. The van der Waals surface area contributed by atoms with Crippen molar-refractivity contribution in [1.29, 1.82) is 0 Å². The highest BCUT2D eigenvalue weighted by atomic mass is 79.9. The van der Waals surface area contributed by atoms with Gasteiger partial charge in [-0.25, -0.2) is 4.98 Å². The minimum absolute atomic E-state index is 0.143. The number of halogens is 1. The molecule has 1 aliphatic rings. The van der Waals surface area contributed by atoms with E-state index in [0.29, 0.717) is 5.88 Å². The van der Waals surface area contributed by atoms with Crippen LogP contribution in [0.2, 0.25) is 0 Å². The summed E-state index contributed by atoms with van der Waals surface area (Å²) in [6, 6.07) is 3.72. The lowest BCUT2D eigenvalue weighted by atomic mass is 10.1. The second kappa shape index (κ2) is 5.49. The average Bonchev–Trinajstić information content (AvgIpc) is 2.29. The fourth-order valence-electron chi connectivity index (χ4n) is 1.91. The van der Waals surface area contributed by atoms with Crippen LogP contribution in [0, 0.1) is 0 Å². The molecule has 0 bridgehead atoms. The van der Waals surface area contributed by atoms with Crippen molar-refractivity contribution in [3.63, 3.8) is 0 Å². The van der Waals surface area contributed by atoms with Gasteiger partial charge in [-0.15, -0.1) is 0 Å². The van der Waals surface area contributed by atoms with E-state index in [4.69, 9.17) is 4.74 Å². The summed E-state index contributed by atoms with van der Waals surface area (Å²) in [6.45, 7) is 3.15. The van der Waals surface area contributed by atoms with Gasteiger partial charge in [-0.1, -0.05) is 15.9 Å². The molecule has 1 amide bonds. The molecule has 2 rings (SSSR count). The molecule has 0 unspecified atom stereocenters. The maximum absolute atomic E-state index is 11.2. The summed E-state index contributed by atoms with van der Waals surface area (Å²) in [5.74, 6) is 0.782. The van der Waals surface area contributed by atoms with Gasteiger partial charge >= 0.3 is 0 Å². The van der Waals surface area contributed by atoms with Crippen molar-refractivity contribution in [2.45, 2.75) is 25.9 Å². The van der Waals surface area contributed by atoms with Crippen molar-refractivity contribution in [1.82, 2.24) is 9.88 Å². The van der Waals surface area contributed by atoms with Crippen LogP contribution in [-0.4, -0.2) is 35.0 Å². The first-order chi connectivity index (χ1) is 8.15. The van der Waals surface area contributed by atoms with E-state index in [2.05, 4.69) is 20.9 Å². The molecule has 0 aliphatic carbocycles. The Morgan fingerprint density at radius 3 is 2.82 bits per heavy atom. The summed E-state index contributed by atoms with van der Waals surface area (Å²) in [7, 11) is 0. The zero-order valence-corrected chi connectivity index (χ0v) is 11.3. The van der Waals surface area contributed by atoms with Crippen molar-refractivity contribution < 1.29 is 9.53 Å². The molecule has 0 saturated carbocycles. The highest BCUT2D eigenvalue weighted by Crippen LogP contribution is 2.20. The molecule has 0 N–H and O–H groups in total. The number of aromatic nitrogens is 1. The van der Waals surface area contributed by atoms with Crippen LogP contribution >= 0.6 is 15.9 Å². The third-order valence-electron chi connectivity index (χ3n) is 2.87. The minimum Gasteiger partial charge on any atom is -0.474 e. The van der Waals surface area contributed by atoms with E-state index in [1.807, 2.05) is 17.0 Å². The first kappa shape index (κ1) is 12.4. The molecule has 5 heteroatoms. The molecular formula is C12H15BrN2O2. The first-order valence-corrected chi connectivity index (χ1v) is 6.48. The Morgan fingerprint density at radius 1 is 1.53 bits per heavy atom. The van der Waals surface area contributed by atoms with E-state index in [-0.39, 0.29) is 12.0 Å². The Labute approximate surface area is 109 Å². The largest absolute Gasteiger partial charge is 0.474 e. The van der Waals surface area contributed by atoms with E-state index < -0.39 is 0 Å². The van der Waals surface area contributed by atoms with Gasteiger partial charge < -0.3 is 9.64 Å². The number of carbonyl (C=O) groups excluding carboxylic acids is 1. The summed E-state index contributed by atoms with van der Waals surface area (Å²) in [4.78, 5) is 17.2. The maximum Gasteiger partial charge on any atom is 0.219 e. The van der Waals surface area contributed by atoms with Gasteiger partial charge in [-0.05, 0) is 6.07 Å². The van der Waals surface area contributed by atoms with Crippen LogP contribution in [0.1, 0.15) is 19.8 Å². The molecular weight excluding hydrogens is 284 g/mol. The smallest absolute Gasteiger partial charge is 0.219 e. The summed E-state index contributed by atoms with van der Waals surface area (Å²) < 4.78 is 6.75. The molecule has 4 nitrogen and oxygen atoms in total. The van der Waals surface area contributed by atoms with E-state index >= 15 is 0 Å². The molecule has 0 radical (unpaired) electrons. The quantitative estimate of drug-likeness (QED) is 0.841. The second-order valence-electron chi connectivity index (χ2n) is 4.14. The van der Waals surface area contributed by atoms with Crippen LogP contribution in [0.3, 0.4) is 0 Å². The number of ether oxygens (including phenoxy) is 1. The lowest BCUT2D eigenvalue weighted by molar-refractivity contribution is -0.130. The van der Waals surface area contributed by atoms with Crippen LogP contribution in [0.4, 0.5) is 0 Å². The lowest BCUT2D eigenvalue weighted by Crippen LogP contribution is -2.40. The van der Waals surface area contributed by atoms with Gasteiger partial charge in [0, 0.05) is 49.6 Å². The van der Waals surface area contributed by atoms with Crippen molar-refractivity contribution in [3.8, 4) is 5.88 Å².